The van der Waals surface area contributed by atoms with E-state index in [1.807, 2.05) is 26.8 Å². The van der Waals surface area contributed by atoms with Crippen molar-refractivity contribution in [3.63, 3.8) is 0 Å². The van der Waals surface area contributed by atoms with E-state index in [2.05, 4.69) is 28.3 Å². The van der Waals surface area contributed by atoms with Gasteiger partial charge in [0.25, 0.3) is 0 Å². The quantitative estimate of drug-likeness (QED) is 0.215. The summed E-state index contributed by atoms with van der Waals surface area (Å²) in [5, 5.41) is 5.28. The second-order valence-electron chi connectivity index (χ2n) is 13.3. The maximum absolute atomic E-state index is 13.9. The number of aromatic nitrogens is 2. The standard InChI is InChI=1S/C35H38F3N3O2/c1-21(2)42-31-16-22(3)39-30-11-10-25(18-27(30)31)41-14-12-34(13-15-41)19-23(20-34)17-28-32(40-43-33(28)24-8-9-24)26-6-4-5-7-29(26)35(36,37)38/h4-7,10-11,16,18,21,23-24H,8-9,12-15,17,19-20H2,1-3H3. The maximum atomic E-state index is 13.9. The molecule has 0 radical (unpaired) electrons. The van der Waals surface area contributed by atoms with Crippen molar-refractivity contribution < 1.29 is 22.4 Å². The number of fused-ring (bicyclic) bond motifs is 1. The van der Waals surface area contributed by atoms with Crippen molar-refractivity contribution in [2.24, 2.45) is 11.3 Å². The lowest BCUT2D eigenvalue weighted by Crippen LogP contribution is -2.47. The monoisotopic (exact) mass is 589 g/mol. The first-order chi connectivity index (χ1) is 20.6. The topological polar surface area (TPSA) is 51.4 Å². The van der Waals surface area contributed by atoms with E-state index in [0.717, 1.165) is 97.8 Å². The second-order valence-corrected chi connectivity index (χ2v) is 13.3. The number of piperidine rings is 1. The Bertz CT molecular complexity index is 1640. The van der Waals surface area contributed by atoms with Crippen LogP contribution in [0.4, 0.5) is 18.9 Å². The van der Waals surface area contributed by atoms with E-state index in [1.165, 1.54) is 17.8 Å². The molecule has 2 saturated carbocycles. The van der Waals surface area contributed by atoms with E-state index in [-0.39, 0.29) is 11.7 Å². The van der Waals surface area contributed by atoms with Gasteiger partial charge in [0.15, 0.2) is 0 Å². The van der Waals surface area contributed by atoms with E-state index in [4.69, 9.17) is 14.2 Å². The summed E-state index contributed by atoms with van der Waals surface area (Å²) in [5.41, 5.74) is 4.17. The molecule has 43 heavy (non-hydrogen) atoms. The number of pyridine rings is 1. The van der Waals surface area contributed by atoms with Crippen LogP contribution in [-0.4, -0.2) is 29.3 Å². The van der Waals surface area contributed by atoms with E-state index >= 15 is 0 Å². The molecule has 0 N–H and O–H groups in total. The van der Waals surface area contributed by atoms with Crippen LogP contribution in [0, 0.1) is 18.3 Å². The highest BCUT2D eigenvalue weighted by atomic mass is 19.4. The van der Waals surface area contributed by atoms with Gasteiger partial charge in [-0.3, -0.25) is 4.98 Å². The van der Waals surface area contributed by atoms with Crippen LogP contribution in [0.5, 0.6) is 5.75 Å². The van der Waals surface area contributed by atoms with Crippen LogP contribution < -0.4 is 9.64 Å². The third-order valence-electron chi connectivity index (χ3n) is 9.62. The first-order valence-electron chi connectivity index (χ1n) is 15.6. The molecule has 0 amide bonds. The molecule has 2 aromatic carbocycles. The van der Waals surface area contributed by atoms with Crippen LogP contribution >= 0.6 is 0 Å². The Kier molecular flexibility index (Phi) is 6.94. The highest BCUT2D eigenvalue weighted by molar-refractivity contribution is 5.88. The number of anilines is 1. The number of rotatable bonds is 7. The predicted molar refractivity (Wildman–Crippen MR) is 161 cm³/mol. The fourth-order valence-corrected chi connectivity index (χ4v) is 7.44. The lowest BCUT2D eigenvalue weighted by Gasteiger charge is -2.53. The molecule has 3 heterocycles. The molecule has 0 atom stereocenters. The Labute approximate surface area is 250 Å². The molecular weight excluding hydrogens is 551 g/mol. The minimum absolute atomic E-state index is 0.0868. The summed E-state index contributed by atoms with van der Waals surface area (Å²) in [5.74, 6) is 2.42. The van der Waals surface area contributed by atoms with Gasteiger partial charge in [0, 0.05) is 53.0 Å². The van der Waals surface area contributed by atoms with Gasteiger partial charge < -0.3 is 14.2 Å². The summed E-state index contributed by atoms with van der Waals surface area (Å²) in [6, 6.07) is 14.3. The molecule has 1 saturated heterocycles. The van der Waals surface area contributed by atoms with Gasteiger partial charge in [0.2, 0.25) is 0 Å². The first-order valence-corrected chi connectivity index (χ1v) is 15.6. The molecule has 5 nitrogen and oxygen atoms in total. The third kappa shape index (κ3) is 5.49. The Balaban J connectivity index is 1.05. The lowest BCUT2D eigenvalue weighted by atomic mass is 9.56. The van der Waals surface area contributed by atoms with Gasteiger partial charge in [-0.1, -0.05) is 23.4 Å². The lowest BCUT2D eigenvalue weighted by molar-refractivity contribution is -0.137. The van der Waals surface area contributed by atoms with Crippen molar-refractivity contribution in [1.29, 1.82) is 0 Å². The molecule has 1 spiro atoms. The van der Waals surface area contributed by atoms with Crippen LogP contribution in [-0.2, 0) is 12.6 Å². The highest BCUT2D eigenvalue weighted by Gasteiger charge is 2.47. The molecule has 4 aromatic rings. The molecule has 3 aliphatic rings. The summed E-state index contributed by atoms with van der Waals surface area (Å²) in [6.45, 7) is 8.05. The number of hydrogen-bond acceptors (Lipinski definition) is 5. The summed E-state index contributed by atoms with van der Waals surface area (Å²) >= 11 is 0. The SMILES string of the molecule is Cc1cc(OC(C)C)c2cc(N3CCC4(CC3)CC(Cc3c(-c5ccccc5C(F)(F)F)noc3C3CC3)C4)ccc2n1. The highest BCUT2D eigenvalue weighted by Crippen LogP contribution is 2.55. The van der Waals surface area contributed by atoms with E-state index in [0.29, 0.717) is 22.9 Å². The molecule has 226 valence electrons. The molecule has 7 rings (SSSR count). The fraction of sp³-hybridized carbons (Fsp3) is 0.486. The molecule has 3 fully saturated rings. The second kappa shape index (κ2) is 10.6. The Morgan fingerprint density at radius 2 is 1.79 bits per heavy atom. The van der Waals surface area contributed by atoms with Gasteiger partial charge in [-0.2, -0.15) is 13.2 Å². The zero-order chi connectivity index (χ0) is 29.9. The van der Waals surface area contributed by atoms with Crippen molar-refractivity contribution in [3.05, 3.63) is 71.1 Å². The van der Waals surface area contributed by atoms with Crippen molar-refractivity contribution >= 4 is 16.6 Å². The van der Waals surface area contributed by atoms with Gasteiger partial charge in [-0.25, -0.2) is 0 Å². The molecule has 0 bridgehead atoms. The van der Waals surface area contributed by atoms with Crippen molar-refractivity contribution in [3.8, 4) is 17.0 Å². The van der Waals surface area contributed by atoms with Crippen molar-refractivity contribution in [2.45, 2.75) is 83.9 Å². The maximum Gasteiger partial charge on any atom is 0.417 e. The zero-order valence-electron chi connectivity index (χ0n) is 25.0. The van der Waals surface area contributed by atoms with Gasteiger partial charge in [0.05, 0.1) is 17.2 Å². The van der Waals surface area contributed by atoms with E-state index < -0.39 is 11.7 Å². The van der Waals surface area contributed by atoms with Crippen LogP contribution in [0.15, 0.2) is 53.1 Å². The van der Waals surface area contributed by atoms with Crippen LogP contribution in [0.2, 0.25) is 0 Å². The normalized spacial score (nSPS) is 18.9. The van der Waals surface area contributed by atoms with Gasteiger partial charge in [-0.15, -0.1) is 0 Å². The Morgan fingerprint density at radius 3 is 2.49 bits per heavy atom. The number of benzene rings is 2. The van der Waals surface area contributed by atoms with Gasteiger partial charge >= 0.3 is 6.18 Å². The third-order valence-corrected chi connectivity index (χ3v) is 9.62. The number of nitrogens with zero attached hydrogens (tertiary/aromatic N) is 3. The molecule has 1 aliphatic heterocycles. The largest absolute Gasteiger partial charge is 0.490 e. The number of halogens is 3. The van der Waals surface area contributed by atoms with E-state index in [1.54, 1.807) is 6.07 Å². The van der Waals surface area contributed by atoms with Crippen LogP contribution in [0.1, 0.15) is 80.9 Å². The molecular formula is C35H38F3N3O2. The van der Waals surface area contributed by atoms with Crippen LogP contribution in [0.25, 0.3) is 22.2 Å². The Morgan fingerprint density at radius 1 is 1.05 bits per heavy atom. The summed E-state index contributed by atoms with van der Waals surface area (Å²) in [4.78, 5) is 7.18. The number of alkyl halides is 3. The molecule has 8 heteroatoms. The van der Waals surface area contributed by atoms with Crippen molar-refractivity contribution in [1.82, 2.24) is 10.1 Å². The molecule has 2 aromatic heterocycles. The molecule has 2 aliphatic carbocycles. The zero-order valence-corrected chi connectivity index (χ0v) is 25.0. The summed E-state index contributed by atoms with van der Waals surface area (Å²) < 4.78 is 53.5. The molecule has 0 unspecified atom stereocenters. The average Bonchev–Trinajstić information content (AvgIpc) is 3.71. The van der Waals surface area contributed by atoms with Crippen molar-refractivity contribution in [2.75, 3.05) is 18.0 Å². The van der Waals surface area contributed by atoms with Gasteiger partial charge in [0.1, 0.15) is 17.2 Å². The smallest absolute Gasteiger partial charge is 0.417 e. The predicted octanol–water partition coefficient (Wildman–Crippen LogP) is 9.12. The average molecular weight is 590 g/mol. The minimum atomic E-state index is -4.44. The van der Waals surface area contributed by atoms with Gasteiger partial charge in [-0.05, 0) is 101 Å². The van der Waals surface area contributed by atoms with Crippen LogP contribution in [0.3, 0.4) is 0 Å². The number of hydrogen-bond donors (Lipinski definition) is 0. The Hall–Kier alpha value is -3.55. The van der Waals surface area contributed by atoms with E-state index in [9.17, 15) is 13.2 Å². The number of ether oxygens (including phenoxy) is 1. The number of aryl methyl sites for hydroxylation is 1. The summed E-state index contributed by atoms with van der Waals surface area (Å²) in [7, 11) is 0. The first kappa shape index (κ1) is 28.2. The summed E-state index contributed by atoms with van der Waals surface area (Å²) in [6.07, 6.45) is 2.85. The minimum Gasteiger partial charge on any atom is -0.490 e. The fourth-order valence-electron chi connectivity index (χ4n) is 7.44.